The fourth-order valence-electron chi connectivity index (χ4n) is 2.80. The zero-order valence-corrected chi connectivity index (χ0v) is 13.8. The van der Waals surface area contributed by atoms with E-state index in [1.807, 2.05) is 13.0 Å². The molecule has 1 atom stereocenters. The number of aryl methyl sites for hydroxylation is 2. The van der Waals surface area contributed by atoms with Gasteiger partial charge in [-0.05, 0) is 44.2 Å². The van der Waals surface area contributed by atoms with Gasteiger partial charge in [-0.25, -0.2) is 4.79 Å². The van der Waals surface area contributed by atoms with Gasteiger partial charge in [-0.15, -0.1) is 0 Å². The first-order valence-corrected chi connectivity index (χ1v) is 7.99. The number of nitrogens with zero attached hydrogens (tertiary/aromatic N) is 3. The van der Waals surface area contributed by atoms with Gasteiger partial charge in [-0.3, -0.25) is 4.98 Å². The minimum Gasteiger partial charge on any atom is -0.381 e. The zero-order valence-electron chi connectivity index (χ0n) is 13.8. The highest BCUT2D eigenvalue weighted by Gasteiger charge is 2.31. The number of hydrogen-bond donors (Lipinski definition) is 2. The van der Waals surface area contributed by atoms with Gasteiger partial charge >= 0.3 is 6.03 Å². The van der Waals surface area contributed by atoms with E-state index < -0.39 is 0 Å². The number of rotatable bonds is 4. The topological polar surface area (TPSA) is 102 Å². The van der Waals surface area contributed by atoms with E-state index in [-0.39, 0.29) is 18.0 Å². The Labute approximate surface area is 140 Å². The molecule has 1 aliphatic heterocycles. The molecule has 1 aliphatic rings. The van der Waals surface area contributed by atoms with Gasteiger partial charge in [0, 0.05) is 19.4 Å². The monoisotopic (exact) mass is 331 g/mol. The Morgan fingerprint density at radius 3 is 2.75 bits per heavy atom. The average Bonchev–Trinajstić information content (AvgIpc) is 3.00. The highest BCUT2D eigenvalue weighted by Crippen LogP contribution is 2.29. The lowest BCUT2D eigenvalue weighted by Gasteiger charge is -2.28. The van der Waals surface area contributed by atoms with Crippen molar-refractivity contribution in [3.63, 3.8) is 0 Å². The summed E-state index contributed by atoms with van der Waals surface area (Å²) in [7, 11) is 0. The second-order valence-electron chi connectivity index (χ2n) is 5.96. The highest BCUT2D eigenvalue weighted by molar-refractivity contribution is 5.89. The van der Waals surface area contributed by atoms with Crippen LogP contribution in [0.25, 0.3) is 0 Å². The molecule has 0 aromatic carbocycles. The number of anilines is 1. The third kappa shape index (κ3) is 4.08. The molecule has 0 bridgehead atoms. The average molecular weight is 331 g/mol. The van der Waals surface area contributed by atoms with E-state index in [0.717, 1.165) is 18.4 Å². The van der Waals surface area contributed by atoms with Crippen LogP contribution in [-0.4, -0.2) is 34.4 Å². The van der Waals surface area contributed by atoms with Crippen LogP contribution in [0.4, 0.5) is 10.5 Å². The Balaban J connectivity index is 1.72. The first kappa shape index (κ1) is 16.4. The summed E-state index contributed by atoms with van der Waals surface area (Å²) in [5, 5.41) is 9.59. The second kappa shape index (κ2) is 7.39. The van der Waals surface area contributed by atoms with Crippen LogP contribution in [0.2, 0.25) is 0 Å². The number of amides is 2. The summed E-state index contributed by atoms with van der Waals surface area (Å²) in [4.78, 5) is 20.7. The number of urea groups is 1. The molecule has 3 rings (SSSR count). The van der Waals surface area contributed by atoms with Crippen LogP contribution in [0, 0.1) is 19.8 Å². The highest BCUT2D eigenvalue weighted by atomic mass is 16.5. The largest absolute Gasteiger partial charge is 0.381 e. The first-order chi connectivity index (χ1) is 11.6. The quantitative estimate of drug-likeness (QED) is 0.892. The number of hydrogen-bond acceptors (Lipinski definition) is 6. The first-order valence-electron chi connectivity index (χ1n) is 7.99. The lowest BCUT2D eigenvalue weighted by Crippen LogP contribution is -2.38. The van der Waals surface area contributed by atoms with Crippen LogP contribution >= 0.6 is 0 Å². The second-order valence-corrected chi connectivity index (χ2v) is 5.96. The third-order valence-electron chi connectivity index (χ3n) is 3.97. The third-order valence-corrected chi connectivity index (χ3v) is 3.97. The van der Waals surface area contributed by atoms with Crippen LogP contribution in [0.15, 0.2) is 23.0 Å². The van der Waals surface area contributed by atoms with Gasteiger partial charge in [0.2, 0.25) is 5.89 Å². The van der Waals surface area contributed by atoms with Crippen molar-refractivity contribution in [2.45, 2.75) is 32.7 Å². The van der Waals surface area contributed by atoms with Gasteiger partial charge in [0.1, 0.15) is 6.04 Å². The number of carbonyl (C=O) groups is 1. The van der Waals surface area contributed by atoms with Crippen molar-refractivity contribution >= 4 is 11.7 Å². The van der Waals surface area contributed by atoms with E-state index in [1.165, 1.54) is 0 Å². The molecule has 8 nitrogen and oxygen atoms in total. The standard InChI is InChI=1S/C16H21N5O3/c1-10-7-13(9-17-8-10)19-16(22)20-14(12-3-5-23-6-4-12)15-18-11(2)21-24-15/h7-9,12,14H,3-6H2,1-2H3,(H2,19,20,22)/t14-/m1/s1. The van der Waals surface area contributed by atoms with Crippen molar-refractivity contribution in [3.05, 3.63) is 35.7 Å². The summed E-state index contributed by atoms with van der Waals surface area (Å²) in [6.45, 7) is 5.01. The molecular weight excluding hydrogens is 310 g/mol. The van der Waals surface area contributed by atoms with Gasteiger partial charge in [-0.1, -0.05) is 5.16 Å². The predicted molar refractivity (Wildman–Crippen MR) is 86.4 cm³/mol. The molecule has 3 heterocycles. The lowest BCUT2D eigenvalue weighted by atomic mass is 9.91. The fraction of sp³-hybridized carbons (Fsp3) is 0.500. The van der Waals surface area contributed by atoms with Gasteiger partial charge in [0.05, 0.1) is 11.9 Å². The molecule has 2 amide bonds. The number of nitrogens with one attached hydrogen (secondary N) is 2. The van der Waals surface area contributed by atoms with Crippen molar-refractivity contribution in [1.29, 1.82) is 0 Å². The van der Waals surface area contributed by atoms with E-state index in [4.69, 9.17) is 9.26 Å². The summed E-state index contributed by atoms with van der Waals surface area (Å²) < 4.78 is 10.7. The smallest absolute Gasteiger partial charge is 0.319 e. The Morgan fingerprint density at radius 2 is 2.08 bits per heavy atom. The number of pyridine rings is 1. The van der Waals surface area contributed by atoms with Gasteiger partial charge in [-0.2, -0.15) is 4.98 Å². The molecular formula is C16H21N5O3. The van der Waals surface area contributed by atoms with E-state index >= 15 is 0 Å². The maximum absolute atomic E-state index is 12.4. The molecule has 128 valence electrons. The SMILES string of the molecule is Cc1cncc(NC(=O)N[C@@H](c2nc(C)no2)C2CCOCC2)c1. The van der Waals surface area contributed by atoms with Gasteiger partial charge in [0.25, 0.3) is 0 Å². The van der Waals surface area contributed by atoms with Crippen molar-refractivity contribution in [2.75, 3.05) is 18.5 Å². The molecule has 0 spiro atoms. The number of carbonyl (C=O) groups excluding carboxylic acids is 1. The maximum Gasteiger partial charge on any atom is 0.319 e. The summed E-state index contributed by atoms with van der Waals surface area (Å²) in [5.74, 6) is 1.17. The Morgan fingerprint density at radius 1 is 1.29 bits per heavy atom. The summed E-state index contributed by atoms with van der Waals surface area (Å²) >= 11 is 0. The van der Waals surface area contributed by atoms with Crippen LogP contribution < -0.4 is 10.6 Å². The van der Waals surface area contributed by atoms with E-state index in [1.54, 1.807) is 19.3 Å². The zero-order chi connectivity index (χ0) is 16.9. The minimum absolute atomic E-state index is 0.194. The normalized spacial score (nSPS) is 16.6. The molecule has 0 unspecified atom stereocenters. The van der Waals surface area contributed by atoms with Crippen LogP contribution in [-0.2, 0) is 4.74 Å². The molecule has 1 saturated heterocycles. The van der Waals surface area contributed by atoms with Crippen molar-refractivity contribution < 1.29 is 14.1 Å². The van der Waals surface area contributed by atoms with Crippen LogP contribution in [0.5, 0.6) is 0 Å². The molecule has 1 fully saturated rings. The fourth-order valence-corrected chi connectivity index (χ4v) is 2.80. The van der Waals surface area contributed by atoms with Crippen molar-refractivity contribution in [3.8, 4) is 0 Å². The Hall–Kier alpha value is -2.48. The molecule has 8 heteroatoms. The molecule has 0 aliphatic carbocycles. The summed E-state index contributed by atoms with van der Waals surface area (Å²) in [6.07, 6.45) is 5.00. The molecule has 2 aromatic heterocycles. The molecule has 0 saturated carbocycles. The number of aromatic nitrogens is 3. The van der Waals surface area contributed by atoms with Crippen molar-refractivity contribution in [1.82, 2.24) is 20.4 Å². The molecule has 2 aromatic rings. The lowest BCUT2D eigenvalue weighted by molar-refractivity contribution is 0.0506. The van der Waals surface area contributed by atoms with Crippen LogP contribution in [0.1, 0.15) is 36.2 Å². The van der Waals surface area contributed by atoms with Gasteiger partial charge in [0.15, 0.2) is 5.82 Å². The Kier molecular flexibility index (Phi) is 5.05. The predicted octanol–water partition coefficient (Wildman–Crippen LogP) is 2.37. The van der Waals surface area contributed by atoms with E-state index in [2.05, 4.69) is 25.8 Å². The minimum atomic E-state index is -0.340. The number of ether oxygens (including phenoxy) is 1. The summed E-state index contributed by atoms with van der Waals surface area (Å²) in [5.41, 5.74) is 1.61. The van der Waals surface area contributed by atoms with Crippen LogP contribution in [0.3, 0.4) is 0 Å². The van der Waals surface area contributed by atoms with Gasteiger partial charge < -0.3 is 19.9 Å². The molecule has 0 radical (unpaired) electrons. The summed E-state index contributed by atoms with van der Waals surface area (Å²) in [6, 6.07) is 1.19. The Bertz CT molecular complexity index is 697. The van der Waals surface area contributed by atoms with E-state index in [9.17, 15) is 4.79 Å². The van der Waals surface area contributed by atoms with Crippen molar-refractivity contribution in [2.24, 2.45) is 5.92 Å². The van der Waals surface area contributed by atoms with E-state index in [0.29, 0.717) is 30.6 Å². The maximum atomic E-state index is 12.4. The molecule has 2 N–H and O–H groups in total. The molecule has 24 heavy (non-hydrogen) atoms.